The summed E-state index contributed by atoms with van der Waals surface area (Å²) in [5, 5.41) is 8.89. The average Bonchev–Trinajstić information content (AvgIpc) is 2.62. The topological polar surface area (TPSA) is 49.7 Å². The first kappa shape index (κ1) is 9.90. The number of carboxylic acids is 1. The quantitative estimate of drug-likeness (QED) is 0.798. The number of rotatable bonds is 2. The van der Waals surface area contributed by atoms with E-state index < -0.39 is 12.0 Å². The highest BCUT2D eigenvalue weighted by Crippen LogP contribution is 2.24. The Kier molecular flexibility index (Phi) is 2.54. The highest BCUT2D eigenvalue weighted by atomic mass is 16.4. The van der Waals surface area contributed by atoms with Gasteiger partial charge in [0.2, 0.25) is 0 Å². The van der Waals surface area contributed by atoms with Gasteiger partial charge in [0.15, 0.2) is 0 Å². The molecule has 0 unspecified atom stereocenters. The van der Waals surface area contributed by atoms with Gasteiger partial charge in [-0.3, -0.25) is 4.99 Å². The van der Waals surface area contributed by atoms with Crippen LogP contribution in [-0.4, -0.2) is 22.8 Å². The van der Waals surface area contributed by atoms with Gasteiger partial charge in [0.05, 0.1) is 0 Å². The van der Waals surface area contributed by atoms with Crippen molar-refractivity contribution in [2.24, 2.45) is 10.9 Å². The van der Waals surface area contributed by atoms with Crippen molar-refractivity contribution in [1.82, 2.24) is 0 Å². The fourth-order valence-electron chi connectivity index (χ4n) is 1.92. The summed E-state index contributed by atoms with van der Waals surface area (Å²) in [7, 11) is 0. The number of benzene rings is 1. The Balaban J connectivity index is 2.30. The van der Waals surface area contributed by atoms with Gasteiger partial charge in [0.25, 0.3) is 0 Å². The molecular formula is C12H13NO2. The molecule has 0 aliphatic carbocycles. The smallest absolute Gasteiger partial charge is 0.328 e. The summed E-state index contributed by atoms with van der Waals surface area (Å²) >= 11 is 0. The molecule has 15 heavy (non-hydrogen) atoms. The van der Waals surface area contributed by atoms with Crippen LogP contribution in [0.1, 0.15) is 18.9 Å². The zero-order chi connectivity index (χ0) is 10.8. The molecular weight excluding hydrogens is 190 g/mol. The van der Waals surface area contributed by atoms with Crippen LogP contribution >= 0.6 is 0 Å². The molecule has 1 aliphatic heterocycles. The minimum absolute atomic E-state index is 0.230. The van der Waals surface area contributed by atoms with Crippen molar-refractivity contribution in [3.63, 3.8) is 0 Å². The average molecular weight is 203 g/mol. The highest BCUT2D eigenvalue weighted by molar-refractivity contribution is 6.04. The Labute approximate surface area is 88.5 Å². The van der Waals surface area contributed by atoms with Crippen LogP contribution in [0.2, 0.25) is 0 Å². The Bertz CT molecular complexity index is 397. The van der Waals surface area contributed by atoms with Gasteiger partial charge in [0, 0.05) is 11.6 Å². The van der Waals surface area contributed by atoms with Crippen LogP contribution < -0.4 is 0 Å². The third-order valence-corrected chi connectivity index (χ3v) is 2.69. The van der Waals surface area contributed by atoms with Crippen molar-refractivity contribution < 1.29 is 9.90 Å². The molecule has 0 bridgehead atoms. The predicted octanol–water partition coefficient (Wildman–Crippen LogP) is 1.97. The van der Waals surface area contributed by atoms with Gasteiger partial charge in [-0.1, -0.05) is 37.3 Å². The lowest BCUT2D eigenvalue weighted by atomic mass is 9.97. The second-order valence-corrected chi connectivity index (χ2v) is 3.87. The maximum absolute atomic E-state index is 10.8. The maximum atomic E-state index is 10.8. The summed E-state index contributed by atoms with van der Waals surface area (Å²) in [6.45, 7) is 2.02. The lowest BCUT2D eigenvalue weighted by molar-refractivity contribution is -0.138. The molecule has 3 nitrogen and oxygen atoms in total. The largest absolute Gasteiger partial charge is 0.480 e. The third-order valence-electron chi connectivity index (χ3n) is 2.69. The van der Waals surface area contributed by atoms with E-state index in [1.54, 1.807) is 0 Å². The number of hydrogen-bond donors (Lipinski definition) is 1. The van der Waals surface area contributed by atoms with Gasteiger partial charge in [-0.15, -0.1) is 0 Å². The number of carboxylic acid groups (broad SMARTS) is 1. The van der Waals surface area contributed by atoms with Gasteiger partial charge >= 0.3 is 5.97 Å². The predicted molar refractivity (Wildman–Crippen MR) is 58.2 cm³/mol. The molecule has 1 heterocycles. The minimum atomic E-state index is -0.826. The second-order valence-electron chi connectivity index (χ2n) is 3.87. The molecule has 2 atom stereocenters. The van der Waals surface area contributed by atoms with E-state index in [2.05, 4.69) is 4.99 Å². The fraction of sp³-hybridized carbons (Fsp3) is 0.333. The normalized spacial score (nSPS) is 25.0. The van der Waals surface area contributed by atoms with Crippen LogP contribution in [0.5, 0.6) is 0 Å². The van der Waals surface area contributed by atoms with Gasteiger partial charge < -0.3 is 5.11 Å². The van der Waals surface area contributed by atoms with Crippen LogP contribution in [0.15, 0.2) is 35.3 Å². The first-order valence-electron chi connectivity index (χ1n) is 5.04. The monoisotopic (exact) mass is 203 g/mol. The molecule has 78 valence electrons. The van der Waals surface area contributed by atoms with Gasteiger partial charge in [-0.2, -0.15) is 0 Å². The summed E-state index contributed by atoms with van der Waals surface area (Å²) in [6.07, 6.45) is 0.611. The zero-order valence-electron chi connectivity index (χ0n) is 8.55. The maximum Gasteiger partial charge on any atom is 0.328 e. The fourth-order valence-corrected chi connectivity index (χ4v) is 1.92. The van der Waals surface area contributed by atoms with Crippen molar-refractivity contribution in [2.75, 3.05) is 0 Å². The number of nitrogens with zero attached hydrogens (tertiary/aromatic N) is 1. The number of aliphatic carboxylic acids is 1. The molecule has 0 radical (unpaired) electrons. The Morgan fingerprint density at radius 3 is 2.60 bits per heavy atom. The summed E-state index contributed by atoms with van der Waals surface area (Å²) in [6, 6.07) is 9.21. The summed E-state index contributed by atoms with van der Waals surface area (Å²) in [4.78, 5) is 15.1. The lowest BCUT2D eigenvalue weighted by Crippen LogP contribution is -2.15. The second kappa shape index (κ2) is 3.85. The van der Waals surface area contributed by atoms with E-state index in [4.69, 9.17) is 5.11 Å². The molecule has 1 N–H and O–H groups in total. The Hall–Kier alpha value is -1.64. The molecule has 0 saturated heterocycles. The molecule has 0 saturated carbocycles. The van der Waals surface area contributed by atoms with Crippen LogP contribution in [0, 0.1) is 5.92 Å². The van der Waals surface area contributed by atoms with Crippen molar-refractivity contribution >= 4 is 11.7 Å². The van der Waals surface area contributed by atoms with E-state index in [-0.39, 0.29) is 5.92 Å². The standard InChI is InChI=1S/C12H13NO2/c1-8-7-10(12(14)15)13-11(8)9-5-3-2-4-6-9/h2-6,8,10H,7H2,1H3,(H,14,15)/t8-,10-/m1/s1. The summed E-state index contributed by atoms with van der Waals surface area (Å²) in [5.74, 6) is -0.596. The molecule has 0 aromatic heterocycles. The van der Waals surface area contributed by atoms with Gasteiger partial charge in [0.1, 0.15) is 6.04 Å². The van der Waals surface area contributed by atoms with E-state index >= 15 is 0 Å². The first-order chi connectivity index (χ1) is 7.18. The van der Waals surface area contributed by atoms with E-state index in [1.165, 1.54) is 0 Å². The number of aliphatic imine (C=N–C) groups is 1. The molecule has 0 spiro atoms. The van der Waals surface area contributed by atoms with Gasteiger partial charge in [-0.25, -0.2) is 4.79 Å². The Morgan fingerprint density at radius 1 is 1.40 bits per heavy atom. The van der Waals surface area contributed by atoms with Crippen molar-refractivity contribution in [2.45, 2.75) is 19.4 Å². The zero-order valence-corrected chi connectivity index (χ0v) is 8.55. The minimum Gasteiger partial charge on any atom is -0.480 e. The molecule has 3 heteroatoms. The highest BCUT2D eigenvalue weighted by Gasteiger charge is 2.29. The van der Waals surface area contributed by atoms with Gasteiger partial charge in [-0.05, 0) is 12.0 Å². The molecule has 1 aliphatic rings. The van der Waals surface area contributed by atoms with Crippen molar-refractivity contribution in [1.29, 1.82) is 0 Å². The van der Waals surface area contributed by atoms with E-state index in [9.17, 15) is 4.79 Å². The van der Waals surface area contributed by atoms with Crippen LogP contribution in [0.4, 0.5) is 0 Å². The molecule has 0 amide bonds. The molecule has 1 aromatic rings. The van der Waals surface area contributed by atoms with Crippen LogP contribution in [-0.2, 0) is 4.79 Å². The first-order valence-corrected chi connectivity index (χ1v) is 5.04. The Morgan fingerprint density at radius 2 is 2.07 bits per heavy atom. The molecule has 1 aromatic carbocycles. The van der Waals surface area contributed by atoms with E-state index in [0.717, 1.165) is 11.3 Å². The van der Waals surface area contributed by atoms with Crippen molar-refractivity contribution in [3.05, 3.63) is 35.9 Å². The lowest BCUT2D eigenvalue weighted by Gasteiger charge is -2.05. The van der Waals surface area contributed by atoms with E-state index in [0.29, 0.717) is 6.42 Å². The SMILES string of the molecule is C[C@@H]1C[C@H](C(=O)O)N=C1c1ccccc1. The molecule has 0 fully saturated rings. The van der Waals surface area contributed by atoms with E-state index in [1.807, 2.05) is 37.3 Å². The molecule has 2 rings (SSSR count). The number of hydrogen-bond acceptors (Lipinski definition) is 2. The summed E-state index contributed by atoms with van der Waals surface area (Å²) in [5.41, 5.74) is 1.96. The summed E-state index contributed by atoms with van der Waals surface area (Å²) < 4.78 is 0. The number of carbonyl (C=O) groups is 1. The van der Waals surface area contributed by atoms with Crippen LogP contribution in [0.25, 0.3) is 0 Å². The van der Waals surface area contributed by atoms with Crippen LogP contribution in [0.3, 0.4) is 0 Å². The third kappa shape index (κ3) is 1.91. The van der Waals surface area contributed by atoms with Crippen molar-refractivity contribution in [3.8, 4) is 0 Å².